The van der Waals surface area contributed by atoms with Gasteiger partial charge in [0, 0.05) is 22.9 Å². The smallest absolute Gasteiger partial charge is 0.338 e. The molecule has 3 rings (SSSR count). The van der Waals surface area contributed by atoms with Crippen LogP contribution in [0.5, 0.6) is 0 Å². The number of allylic oxidation sites excluding steroid dienone is 1. The van der Waals surface area contributed by atoms with E-state index in [0.717, 1.165) is 0 Å². The van der Waals surface area contributed by atoms with Crippen molar-refractivity contribution >= 4 is 17.7 Å². The van der Waals surface area contributed by atoms with Crippen molar-refractivity contribution in [3.05, 3.63) is 62.5 Å². The Hall–Kier alpha value is -3.62. The lowest BCUT2D eigenvalue weighted by molar-refractivity contribution is -0.385. The molecule has 1 aromatic heterocycles. The highest BCUT2D eigenvalue weighted by atomic mass is 16.6. The monoisotopic (exact) mass is 399 g/mol. The number of hydrogen-bond donors (Lipinski definition) is 2. The molecule has 2 N–H and O–H groups in total. The first kappa shape index (κ1) is 20.1. The molecule has 0 radical (unpaired) electrons. The Morgan fingerprint density at radius 2 is 1.97 bits per heavy atom. The Morgan fingerprint density at radius 1 is 1.24 bits per heavy atom. The van der Waals surface area contributed by atoms with Crippen molar-refractivity contribution in [3.8, 4) is 11.3 Å². The van der Waals surface area contributed by atoms with Crippen LogP contribution in [0.25, 0.3) is 11.3 Å². The minimum Gasteiger partial charge on any atom is -0.463 e. The predicted octanol–water partition coefficient (Wildman–Crippen LogP) is 3.66. The molecule has 1 aliphatic heterocycles. The molecule has 0 aliphatic carbocycles. The molecule has 152 valence electrons. The van der Waals surface area contributed by atoms with Crippen LogP contribution in [-0.2, 0) is 9.53 Å². The first-order valence-corrected chi connectivity index (χ1v) is 9.04. The third kappa shape index (κ3) is 3.84. The van der Waals surface area contributed by atoms with Gasteiger partial charge in [0.05, 0.1) is 17.1 Å². The quantitative estimate of drug-likeness (QED) is 0.449. The number of carbonyl (C=O) groups excluding carboxylic acids is 2. The SMILES string of the molecule is CCOC(=O)C1=C(C)NC(=O)N[C@H]1c1ccc(-c2cc(C)c([N+](=O)[O-])cc2C)o1. The molecule has 1 aliphatic rings. The van der Waals surface area contributed by atoms with E-state index < -0.39 is 23.0 Å². The Kier molecular flexibility index (Phi) is 5.40. The third-order valence-electron chi connectivity index (χ3n) is 4.68. The fourth-order valence-electron chi connectivity index (χ4n) is 3.30. The highest BCUT2D eigenvalue weighted by Crippen LogP contribution is 2.35. The van der Waals surface area contributed by atoms with E-state index in [0.29, 0.717) is 33.9 Å². The van der Waals surface area contributed by atoms with Gasteiger partial charge in [0.25, 0.3) is 5.69 Å². The number of benzene rings is 1. The largest absolute Gasteiger partial charge is 0.463 e. The molecule has 29 heavy (non-hydrogen) atoms. The van der Waals surface area contributed by atoms with E-state index >= 15 is 0 Å². The molecule has 0 bridgehead atoms. The van der Waals surface area contributed by atoms with Crippen LogP contribution in [0.1, 0.15) is 36.8 Å². The number of nitrogens with zero attached hydrogens (tertiary/aromatic N) is 1. The molecule has 0 saturated heterocycles. The van der Waals surface area contributed by atoms with E-state index in [1.165, 1.54) is 6.07 Å². The third-order valence-corrected chi connectivity index (χ3v) is 4.68. The predicted molar refractivity (Wildman–Crippen MR) is 104 cm³/mol. The normalized spacial score (nSPS) is 16.3. The number of esters is 1. The van der Waals surface area contributed by atoms with Crippen molar-refractivity contribution in [3.63, 3.8) is 0 Å². The molecule has 0 saturated carbocycles. The second-order valence-corrected chi connectivity index (χ2v) is 6.70. The molecular weight excluding hydrogens is 378 g/mol. The average Bonchev–Trinajstić information content (AvgIpc) is 3.12. The molecular formula is C20H21N3O6. The van der Waals surface area contributed by atoms with Gasteiger partial charge >= 0.3 is 12.0 Å². The van der Waals surface area contributed by atoms with Gasteiger partial charge < -0.3 is 19.8 Å². The number of nitro benzene ring substituents is 1. The van der Waals surface area contributed by atoms with Gasteiger partial charge in [0.1, 0.15) is 17.6 Å². The van der Waals surface area contributed by atoms with E-state index in [1.54, 1.807) is 45.9 Å². The van der Waals surface area contributed by atoms with E-state index in [1.807, 2.05) is 0 Å². The summed E-state index contributed by atoms with van der Waals surface area (Å²) >= 11 is 0. The van der Waals surface area contributed by atoms with Crippen LogP contribution in [0, 0.1) is 24.0 Å². The maximum Gasteiger partial charge on any atom is 0.338 e. The molecule has 2 amide bonds. The van der Waals surface area contributed by atoms with E-state index in [4.69, 9.17) is 9.15 Å². The first-order chi connectivity index (χ1) is 13.7. The van der Waals surface area contributed by atoms with Crippen LogP contribution < -0.4 is 10.6 Å². The first-order valence-electron chi connectivity index (χ1n) is 9.04. The summed E-state index contributed by atoms with van der Waals surface area (Å²) in [7, 11) is 0. The summed E-state index contributed by atoms with van der Waals surface area (Å²) in [4.78, 5) is 35.1. The lowest BCUT2D eigenvalue weighted by Crippen LogP contribution is -2.45. The van der Waals surface area contributed by atoms with Crippen LogP contribution >= 0.6 is 0 Å². The van der Waals surface area contributed by atoms with E-state index in [2.05, 4.69) is 10.6 Å². The topological polar surface area (TPSA) is 124 Å². The highest BCUT2D eigenvalue weighted by Gasteiger charge is 2.34. The zero-order valence-corrected chi connectivity index (χ0v) is 16.5. The lowest BCUT2D eigenvalue weighted by atomic mass is 10.0. The fraction of sp³-hybridized carbons (Fsp3) is 0.300. The van der Waals surface area contributed by atoms with Crippen molar-refractivity contribution in [2.24, 2.45) is 0 Å². The van der Waals surface area contributed by atoms with Crippen LogP contribution in [0.3, 0.4) is 0 Å². The Balaban J connectivity index is 2.02. The Bertz CT molecular complexity index is 1040. The minimum absolute atomic E-state index is 0.0341. The molecule has 1 atom stereocenters. The number of nitro groups is 1. The maximum atomic E-state index is 12.4. The second kappa shape index (κ2) is 7.78. The summed E-state index contributed by atoms with van der Waals surface area (Å²) in [6.45, 7) is 6.92. The molecule has 0 spiro atoms. The van der Waals surface area contributed by atoms with Crippen molar-refractivity contribution in [1.82, 2.24) is 10.6 Å². The van der Waals surface area contributed by atoms with Gasteiger partial charge in [-0.25, -0.2) is 9.59 Å². The van der Waals surface area contributed by atoms with E-state index in [9.17, 15) is 19.7 Å². The van der Waals surface area contributed by atoms with Crippen LogP contribution in [0.15, 0.2) is 40.0 Å². The summed E-state index contributed by atoms with van der Waals surface area (Å²) in [5.74, 6) is 0.277. The summed E-state index contributed by atoms with van der Waals surface area (Å²) in [6.07, 6.45) is 0. The lowest BCUT2D eigenvalue weighted by Gasteiger charge is -2.26. The highest BCUT2D eigenvalue weighted by molar-refractivity contribution is 5.94. The molecule has 2 aromatic rings. The Morgan fingerprint density at radius 3 is 2.62 bits per heavy atom. The van der Waals surface area contributed by atoms with Gasteiger partial charge in [0.15, 0.2) is 0 Å². The number of nitrogens with one attached hydrogen (secondary N) is 2. The number of carbonyl (C=O) groups is 2. The fourth-order valence-corrected chi connectivity index (χ4v) is 3.30. The van der Waals surface area contributed by atoms with Gasteiger partial charge in [0.2, 0.25) is 0 Å². The van der Waals surface area contributed by atoms with Crippen molar-refractivity contribution in [1.29, 1.82) is 0 Å². The average molecular weight is 399 g/mol. The number of hydrogen-bond acceptors (Lipinski definition) is 6. The molecule has 2 heterocycles. The summed E-state index contributed by atoms with van der Waals surface area (Å²) in [5.41, 5.74) is 2.55. The van der Waals surface area contributed by atoms with Crippen molar-refractivity contribution < 1.29 is 23.7 Å². The summed E-state index contributed by atoms with van der Waals surface area (Å²) in [6, 6.07) is 5.28. The van der Waals surface area contributed by atoms with Gasteiger partial charge in [-0.3, -0.25) is 10.1 Å². The maximum absolute atomic E-state index is 12.4. The number of urea groups is 1. The van der Waals surface area contributed by atoms with Crippen LogP contribution in [-0.4, -0.2) is 23.5 Å². The van der Waals surface area contributed by atoms with Gasteiger partial charge in [-0.1, -0.05) is 0 Å². The van der Waals surface area contributed by atoms with Crippen molar-refractivity contribution in [2.75, 3.05) is 6.61 Å². The van der Waals surface area contributed by atoms with E-state index in [-0.39, 0.29) is 17.9 Å². The number of rotatable bonds is 5. The molecule has 1 aromatic carbocycles. The molecule has 9 nitrogen and oxygen atoms in total. The second-order valence-electron chi connectivity index (χ2n) is 6.70. The van der Waals surface area contributed by atoms with Crippen LogP contribution in [0.4, 0.5) is 10.5 Å². The van der Waals surface area contributed by atoms with Gasteiger partial charge in [-0.2, -0.15) is 0 Å². The Labute approximate surface area is 166 Å². The van der Waals surface area contributed by atoms with Gasteiger partial charge in [-0.05, 0) is 51.5 Å². The van der Waals surface area contributed by atoms with Crippen LogP contribution in [0.2, 0.25) is 0 Å². The standard InChI is InChI=1S/C20H21N3O6/c1-5-28-19(24)17-12(4)21-20(25)22-18(17)16-7-6-15(29-16)13-8-11(3)14(23(26)27)9-10(13)2/h6-9,18H,5H2,1-4H3,(H2,21,22,25)/t18-/m0/s1. The number of amides is 2. The zero-order chi connectivity index (χ0) is 21.3. The summed E-state index contributed by atoms with van der Waals surface area (Å²) in [5, 5.41) is 16.4. The zero-order valence-electron chi connectivity index (χ0n) is 16.5. The van der Waals surface area contributed by atoms with Crippen molar-refractivity contribution in [2.45, 2.75) is 33.7 Å². The number of furan rings is 1. The number of ether oxygens (including phenoxy) is 1. The minimum atomic E-state index is -0.809. The molecule has 9 heteroatoms. The molecule has 0 fully saturated rings. The van der Waals surface area contributed by atoms with Gasteiger partial charge in [-0.15, -0.1) is 0 Å². The number of aryl methyl sites for hydroxylation is 2. The molecule has 0 unspecified atom stereocenters. The summed E-state index contributed by atoms with van der Waals surface area (Å²) < 4.78 is 11.1.